The van der Waals surface area contributed by atoms with Crippen LogP contribution in [-0.4, -0.2) is 43.5 Å². The van der Waals surface area contributed by atoms with Gasteiger partial charge in [-0.15, -0.1) is 11.8 Å². The predicted octanol–water partition coefficient (Wildman–Crippen LogP) is 3.29. The number of nitrogens with zero attached hydrogens (tertiary/aromatic N) is 1. The summed E-state index contributed by atoms with van der Waals surface area (Å²) in [4.78, 5) is 28.2. The van der Waals surface area contributed by atoms with Crippen LogP contribution in [0.25, 0.3) is 0 Å². The number of benzene rings is 2. The van der Waals surface area contributed by atoms with E-state index in [9.17, 15) is 18.0 Å². The van der Waals surface area contributed by atoms with E-state index in [0.717, 1.165) is 36.8 Å². The van der Waals surface area contributed by atoms with Crippen molar-refractivity contribution in [2.24, 2.45) is 0 Å². The smallest absolute Gasteiger partial charge is 0.247 e. The van der Waals surface area contributed by atoms with Gasteiger partial charge in [-0.25, -0.2) is 13.1 Å². The topological polar surface area (TPSA) is 95.6 Å². The second-order valence-corrected chi connectivity index (χ2v) is 11.1. The highest BCUT2D eigenvalue weighted by atomic mass is 32.2. The average molecular weight is 474 g/mol. The molecule has 1 saturated heterocycles. The number of hydrogen-bond acceptors (Lipinski definition) is 5. The van der Waals surface area contributed by atoms with E-state index >= 15 is 0 Å². The summed E-state index contributed by atoms with van der Waals surface area (Å²) in [5.41, 5.74) is 2.38. The number of likely N-dealkylation sites (tertiary alicyclic amines) is 1. The van der Waals surface area contributed by atoms with E-state index in [1.807, 2.05) is 31.2 Å². The number of nitrogens with one attached hydrogen (secondary N) is 2. The highest BCUT2D eigenvalue weighted by Gasteiger charge is 2.36. The fourth-order valence-corrected chi connectivity index (χ4v) is 5.94. The molecule has 2 aliphatic rings. The van der Waals surface area contributed by atoms with Gasteiger partial charge in [-0.05, 0) is 43.5 Å². The highest BCUT2D eigenvalue weighted by Crippen LogP contribution is 2.38. The minimum Gasteiger partial charge on any atom is -0.341 e. The van der Waals surface area contributed by atoms with Gasteiger partial charge in [-0.1, -0.05) is 42.7 Å². The molecule has 0 bridgehead atoms. The van der Waals surface area contributed by atoms with Gasteiger partial charge in [0, 0.05) is 24.5 Å². The van der Waals surface area contributed by atoms with Crippen LogP contribution in [0.3, 0.4) is 0 Å². The standard InChI is InChI=1S/C23H27N3O4S2/c1-16-6-8-17(9-7-16)15-24-32(29,30)18-10-11-20-19(14-18)25-22(27)21(31-20)23(28)26-12-4-2-3-5-13-26/h6-11,14,21,24H,2-5,12-13,15H2,1H3,(H,25,27)/t21-/m1/s1. The summed E-state index contributed by atoms with van der Waals surface area (Å²) in [6.07, 6.45) is 4.12. The molecule has 32 heavy (non-hydrogen) atoms. The number of hydrogen-bond donors (Lipinski definition) is 2. The van der Waals surface area contributed by atoms with E-state index in [-0.39, 0.29) is 17.3 Å². The van der Waals surface area contributed by atoms with Gasteiger partial charge >= 0.3 is 0 Å². The first kappa shape index (κ1) is 22.8. The summed E-state index contributed by atoms with van der Waals surface area (Å²) in [6, 6.07) is 12.2. The Kier molecular flexibility index (Phi) is 6.88. The van der Waals surface area contributed by atoms with E-state index < -0.39 is 21.2 Å². The van der Waals surface area contributed by atoms with E-state index in [1.54, 1.807) is 11.0 Å². The number of fused-ring (bicyclic) bond motifs is 1. The molecule has 7 nitrogen and oxygen atoms in total. The molecule has 2 heterocycles. The van der Waals surface area contributed by atoms with E-state index in [1.165, 1.54) is 23.9 Å². The Labute approximate surface area is 193 Å². The zero-order chi connectivity index (χ0) is 22.7. The van der Waals surface area contributed by atoms with Crippen molar-refractivity contribution in [3.8, 4) is 0 Å². The van der Waals surface area contributed by atoms with Crippen LogP contribution < -0.4 is 10.0 Å². The first-order valence-corrected chi connectivity index (χ1v) is 13.2. The Balaban J connectivity index is 1.47. The van der Waals surface area contributed by atoms with Gasteiger partial charge < -0.3 is 10.2 Å². The Morgan fingerprint density at radius 2 is 1.78 bits per heavy atom. The van der Waals surface area contributed by atoms with E-state index in [4.69, 9.17) is 0 Å². The van der Waals surface area contributed by atoms with Crippen LogP contribution in [-0.2, 0) is 26.2 Å². The van der Waals surface area contributed by atoms with Crippen molar-refractivity contribution in [2.75, 3.05) is 18.4 Å². The summed E-state index contributed by atoms with van der Waals surface area (Å²) in [5, 5.41) is 1.89. The number of anilines is 1. The highest BCUT2D eigenvalue weighted by molar-refractivity contribution is 8.01. The molecule has 0 radical (unpaired) electrons. The van der Waals surface area contributed by atoms with Crippen molar-refractivity contribution >= 4 is 39.3 Å². The molecule has 4 rings (SSSR count). The second kappa shape index (κ2) is 9.64. The minimum atomic E-state index is -3.76. The van der Waals surface area contributed by atoms with Gasteiger partial charge in [0.15, 0.2) is 5.25 Å². The molecule has 2 amide bonds. The van der Waals surface area contributed by atoms with Crippen LogP contribution in [0.4, 0.5) is 5.69 Å². The van der Waals surface area contributed by atoms with Crippen LogP contribution in [0.15, 0.2) is 52.3 Å². The van der Waals surface area contributed by atoms with Crippen molar-refractivity contribution in [1.29, 1.82) is 0 Å². The third kappa shape index (κ3) is 5.16. The molecule has 2 aromatic rings. The number of carbonyl (C=O) groups is 2. The van der Waals surface area contributed by atoms with Crippen LogP contribution in [0.2, 0.25) is 0 Å². The van der Waals surface area contributed by atoms with Gasteiger partial charge in [-0.3, -0.25) is 9.59 Å². The van der Waals surface area contributed by atoms with Crippen molar-refractivity contribution < 1.29 is 18.0 Å². The fourth-order valence-electron chi connectivity index (χ4n) is 3.84. The molecule has 170 valence electrons. The second-order valence-electron chi connectivity index (χ2n) is 8.19. The lowest BCUT2D eigenvalue weighted by atomic mass is 10.2. The molecule has 1 atom stereocenters. The fraction of sp³-hybridized carbons (Fsp3) is 0.391. The van der Waals surface area contributed by atoms with Crippen LogP contribution in [0.5, 0.6) is 0 Å². The number of aryl methyl sites for hydroxylation is 1. The minimum absolute atomic E-state index is 0.0709. The largest absolute Gasteiger partial charge is 0.341 e. The van der Waals surface area contributed by atoms with Crippen molar-refractivity contribution in [3.63, 3.8) is 0 Å². The maximum absolute atomic E-state index is 12.9. The Morgan fingerprint density at radius 1 is 1.09 bits per heavy atom. The van der Waals surface area contributed by atoms with Crippen molar-refractivity contribution in [3.05, 3.63) is 53.6 Å². The normalized spacial score (nSPS) is 19.1. The van der Waals surface area contributed by atoms with E-state index in [0.29, 0.717) is 23.7 Å². The zero-order valence-corrected chi connectivity index (χ0v) is 19.6. The molecule has 0 aliphatic carbocycles. The third-order valence-electron chi connectivity index (χ3n) is 5.73. The maximum Gasteiger partial charge on any atom is 0.247 e. The van der Waals surface area contributed by atoms with Crippen LogP contribution in [0, 0.1) is 6.92 Å². The van der Waals surface area contributed by atoms with Gasteiger partial charge in [0.2, 0.25) is 21.8 Å². The first-order chi connectivity index (χ1) is 15.3. The first-order valence-electron chi connectivity index (χ1n) is 10.8. The maximum atomic E-state index is 12.9. The molecular weight excluding hydrogens is 446 g/mol. The summed E-state index contributed by atoms with van der Waals surface area (Å²) < 4.78 is 28.1. The molecule has 2 aliphatic heterocycles. The van der Waals surface area contributed by atoms with Crippen molar-refractivity contribution in [2.45, 2.75) is 54.2 Å². The third-order valence-corrected chi connectivity index (χ3v) is 8.39. The Morgan fingerprint density at radius 3 is 2.47 bits per heavy atom. The number of amides is 2. The van der Waals surface area contributed by atoms with Gasteiger partial charge in [0.05, 0.1) is 10.6 Å². The lowest BCUT2D eigenvalue weighted by molar-refractivity contribution is -0.133. The predicted molar refractivity (Wildman–Crippen MR) is 125 cm³/mol. The number of sulfonamides is 1. The quantitative estimate of drug-likeness (QED) is 0.650. The Hall–Kier alpha value is -2.36. The lowest BCUT2D eigenvalue weighted by Gasteiger charge is -2.28. The van der Waals surface area contributed by atoms with Crippen LogP contribution >= 0.6 is 11.8 Å². The molecule has 1 fully saturated rings. The zero-order valence-electron chi connectivity index (χ0n) is 18.0. The summed E-state index contributed by atoms with van der Waals surface area (Å²) >= 11 is 1.19. The van der Waals surface area contributed by atoms with Gasteiger partial charge in [0.25, 0.3) is 0 Å². The summed E-state index contributed by atoms with van der Waals surface area (Å²) in [5.74, 6) is -0.574. The molecule has 0 aromatic heterocycles. The lowest BCUT2D eigenvalue weighted by Crippen LogP contribution is -2.45. The SMILES string of the molecule is Cc1ccc(CNS(=O)(=O)c2ccc3c(c2)NC(=O)[C@H](C(=O)N2CCCCCC2)S3)cc1. The van der Waals surface area contributed by atoms with Gasteiger partial charge in [-0.2, -0.15) is 0 Å². The number of rotatable bonds is 5. The molecule has 0 unspecified atom stereocenters. The molecule has 0 spiro atoms. The monoisotopic (exact) mass is 473 g/mol. The molecule has 2 N–H and O–H groups in total. The van der Waals surface area contributed by atoms with Gasteiger partial charge in [0.1, 0.15) is 0 Å². The van der Waals surface area contributed by atoms with Crippen molar-refractivity contribution in [1.82, 2.24) is 9.62 Å². The molecule has 9 heteroatoms. The number of carbonyl (C=O) groups excluding carboxylic acids is 2. The summed E-state index contributed by atoms with van der Waals surface area (Å²) in [7, 11) is -3.76. The summed E-state index contributed by atoms with van der Waals surface area (Å²) in [6.45, 7) is 3.51. The van der Waals surface area contributed by atoms with E-state index in [2.05, 4.69) is 10.0 Å². The molecule has 0 saturated carbocycles. The average Bonchev–Trinajstić information content (AvgIpc) is 3.07. The number of thioether (sulfide) groups is 1. The van der Waals surface area contributed by atoms with Crippen LogP contribution in [0.1, 0.15) is 36.8 Å². The molecule has 2 aromatic carbocycles. The Bertz CT molecular complexity index is 1110. The molecular formula is C23H27N3O4S2.